The number of nitrogens with zero attached hydrogens (tertiary/aromatic N) is 1. The van der Waals surface area contributed by atoms with Gasteiger partial charge in [0.15, 0.2) is 24.7 Å². The van der Waals surface area contributed by atoms with Gasteiger partial charge in [-0.15, -0.1) is 0 Å². The number of ketones is 2. The number of aliphatic hydroxyl groups excluding tert-OH is 2. The third kappa shape index (κ3) is 7.57. The number of aliphatic hydroxyl groups is 3. The number of benzene rings is 2. The number of aromatic hydroxyl groups is 2. The van der Waals surface area contributed by atoms with Gasteiger partial charge in [-0.25, -0.2) is 0 Å². The van der Waals surface area contributed by atoms with Crippen LogP contribution in [-0.2, 0) is 38.0 Å². The second-order valence-corrected chi connectivity index (χ2v) is 16.5. The zero-order valence-electron chi connectivity index (χ0n) is 33.8. The van der Waals surface area contributed by atoms with Crippen LogP contribution in [0.15, 0.2) is 24.3 Å². The van der Waals surface area contributed by atoms with Crippen molar-refractivity contribution in [1.82, 2.24) is 4.90 Å². The summed E-state index contributed by atoms with van der Waals surface area (Å²) in [6.45, 7) is 7.08. The van der Waals surface area contributed by atoms with Gasteiger partial charge in [0.25, 0.3) is 0 Å². The average molecular weight is 814 g/mol. The monoisotopic (exact) mass is 813 g/mol. The van der Waals surface area contributed by atoms with Crippen molar-refractivity contribution in [2.75, 3.05) is 21.2 Å². The quantitative estimate of drug-likeness (QED) is 0.196. The van der Waals surface area contributed by atoms with Crippen molar-refractivity contribution in [2.45, 2.75) is 151 Å². The highest BCUT2D eigenvalue weighted by molar-refractivity contribution is 6.30. The van der Waals surface area contributed by atoms with Crippen LogP contribution in [0.25, 0.3) is 0 Å². The third-order valence-corrected chi connectivity index (χ3v) is 12.6. The fraction of sp³-hybridized carbons (Fsp3) is 0.643. The first-order valence-electron chi connectivity index (χ1n) is 20.0. The van der Waals surface area contributed by atoms with Crippen LogP contribution in [0.5, 0.6) is 11.5 Å². The number of hydrogen-bond donors (Lipinski definition) is 5. The van der Waals surface area contributed by atoms with Crippen LogP contribution in [0.1, 0.15) is 121 Å². The Kier molecular flexibility index (Phi) is 12.1. The van der Waals surface area contributed by atoms with E-state index in [2.05, 4.69) is 0 Å². The van der Waals surface area contributed by atoms with E-state index in [-0.39, 0.29) is 65.1 Å². The summed E-state index contributed by atoms with van der Waals surface area (Å²) >= 11 is 0. The molecule has 7 rings (SSSR count). The lowest BCUT2D eigenvalue weighted by Crippen LogP contribution is -2.58. The normalized spacial score (nSPS) is 37.5. The molecule has 3 aliphatic heterocycles. The molecule has 2 aromatic carbocycles. The predicted octanol–water partition coefficient (Wildman–Crippen LogP) is 2.95. The van der Waals surface area contributed by atoms with E-state index in [1.807, 2.05) is 25.9 Å². The highest BCUT2D eigenvalue weighted by Gasteiger charge is 2.53. The van der Waals surface area contributed by atoms with Gasteiger partial charge in [-0.05, 0) is 65.4 Å². The SMILES string of the molecule is CC[C@@]1(O)C[C@H](O[C@H]2C[C@H](N(C)C)[C@H](O[C@H]3C[C@H](O)[C@H](OC4CC[C@@H](O)[C@H](C)O4)[C@H](C)O3)[C@H](C)O2)c2c(cc3c(c2O)C(=O)c2c(O)cccc2C3=O)C1C(=O)OC. The zero-order chi connectivity index (χ0) is 42.0. The van der Waals surface area contributed by atoms with Gasteiger partial charge in [-0.3, -0.25) is 14.4 Å². The topological polar surface area (TPSA) is 220 Å². The Morgan fingerprint density at radius 3 is 2.14 bits per heavy atom. The molecule has 16 nitrogen and oxygen atoms in total. The minimum atomic E-state index is -1.75. The van der Waals surface area contributed by atoms with Gasteiger partial charge >= 0.3 is 5.97 Å². The molecule has 0 spiro atoms. The minimum absolute atomic E-state index is 0.0305. The molecule has 318 valence electrons. The van der Waals surface area contributed by atoms with E-state index in [4.69, 9.17) is 33.2 Å². The number of fused-ring (bicyclic) bond motifs is 3. The summed E-state index contributed by atoms with van der Waals surface area (Å²) in [4.78, 5) is 43.1. The van der Waals surface area contributed by atoms with Gasteiger partial charge in [0.2, 0.25) is 5.78 Å². The molecule has 5 aliphatic rings. The Bertz CT molecular complexity index is 1890. The molecule has 2 aliphatic carbocycles. The molecule has 58 heavy (non-hydrogen) atoms. The van der Waals surface area contributed by atoms with Crippen LogP contribution in [0.4, 0.5) is 0 Å². The number of phenols is 2. The Hall–Kier alpha value is -3.55. The molecule has 3 saturated heterocycles. The standard InChI is InChI=1S/C42H55NO15/c1-8-42(51)17-28(33-22(35(42)41(50)52-7)14-23-34(38(33)49)37(48)32-21(36(23)47)10-9-11-26(32)45)56-30-15-24(43(5)6)39(19(3)54-30)58-31-16-27(46)40(20(4)55-31)57-29-13-12-25(44)18(2)53-29/h9-11,14,18-20,24-25,27-31,35,39-40,44-46,49,51H,8,12-13,15-17H2,1-7H3/t18-,19-,20-,24-,25+,27-,28-,29?,30-,31-,35?,39+,40+,42+/m0/s1. The number of ether oxygens (including phenoxy) is 7. The van der Waals surface area contributed by atoms with E-state index in [1.54, 1.807) is 20.8 Å². The Morgan fingerprint density at radius 1 is 0.845 bits per heavy atom. The fourth-order valence-electron chi connectivity index (χ4n) is 9.38. The summed E-state index contributed by atoms with van der Waals surface area (Å²) in [5.41, 5.74) is -2.47. The molecule has 0 bridgehead atoms. The lowest BCUT2D eigenvalue weighted by molar-refractivity contribution is -0.328. The maximum Gasteiger partial charge on any atom is 0.316 e. The molecule has 3 heterocycles. The van der Waals surface area contributed by atoms with Crippen LogP contribution in [0.3, 0.4) is 0 Å². The van der Waals surface area contributed by atoms with E-state index >= 15 is 0 Å². The first-order chi connectivity index (χ1) is 27.5. The summed E-state index contributed by atoms with van der Waals surface area (Å²) in [5.74, 6) is -4.58. The number of likely N-dealkylation sites (N-methyl/N-ethyl adjacent to an activating group) is 1. The van der Waals surface area contributed by atoms with E-state index in [9.17, 15) is 39.9 Å². The zero-order valence-corrected chi connectivity index (χ0v) is 33.8. The molecule has 0 amide bonds. The second kappa shape index (κ2) is 16.5. The van der Waals surface area contributed by atoms with Crippen molar-refractivity contribution in [3.8, 4) is 11.5 Å². The smallest absolute Gasteiger partial charge is 0.316 e. The molecule has 2 unspecified atom stereocenters. The molecule has 0 aromatic heterocycles. The van der Waals surface area contributed by atoms with Crippen molar-refractivity contribution in [3.05, 3.63) is 57.6 Å². The summed E-state index contributed by atoms with van der Waals surface area (Å²) < 4.78 is 42.8. The fourth-order valence-corrected chi connectivity index (χ4v) is 9.38. The van der Waals surface area contributed by atoms with Crippen LogP contribution in [0.2, 0.25) is 0 Å². The van der Waals surface area contributed by atoms with Gasteiger partial charge in [-0.2, -0.15) is 0 Å². The lowest BCUT2D eigenvalue weighted by Gasteiger charge is -2.48. The minimum Gasteiger partial charge on any atom is -0.507 e. The first kappa shape index (κ1) is 42.6. The Morgan fingerprint density at radius 2 is 1.50 bits per heavy atom. The molecule has 0 saturated carbocycles. The summed E-state index contributed by atoms with van der Waals surface area (Å²) in [5, 5.41) is 55.9. The third-order valence-electron chi connectivity index (χ3n) is 12.6. The van der Waals surface area contributed by atoms with Gasteiger partial charge < -0.3 is 63.6 Å². The van der Waals surface area contributed by atoms with Crippen molar-refractivity contribution in [1.29, 1.82) is 0 Å². The molecule has 16 heteroatoms. The van der Waals surface area contributed by atoms with E-state index in [0.29, 0.717) is 12.8 Å². The van der Waals surface area contributed by atoms with Crippen LogP contribution < -0.4 is 0 Å². The highest BCUT2D eigenvalue weighted by Crippen LogP contribution is 2.54. The number of carbonyl (C=O) groups excluding carboxylic acids is 3. The second-order valence-electron chi connectivity index (χ2n) is 16.5. The number of carbonyl (C=O) groups is 3. The summed E-state index contributed by atoms with van der Waals surface area (Å²) in [7, 11) is 4.93. The molecule has 0 radical (unpaired) electrons. The highest BCUT2D eigenvalue weighted by atomic mass is 16.7. The summed E-state index contributed by atoms with van der Waals surface area (Å²) in [6.07, 6.45) is -6.52. The average Bonchev–Trinajstić information content (AvgIpc) is 3.17. The van der Waals surface area contributed by atoms with Crippen molar-refractivity contribution in [3.63, 3.8) is 0 Å². The Labute approximate surface area is 336 Å². The van der Waals surface area contributed by atoms with Crippen LogP contribution >= 0.6 is 0 Å². The maximum atomic E-state index is 13.9. The molecular formula is C42H55NO15. The van der Waals surface area contributed by atoms with Gasteiger partial charge in [-0.1, -0.05) is 19.1 Å². The number of methoxy groups -OCH3 is 1. The van der Waals surface area contributed by atoms with Crippen molar-refractivity contribution in [2.24, 2.45) is 0 Å². The maximum absolute atomic E-state index is 13.9. The van der Waals surface area contributed by atoms with E-state index < -0.39 is 108 Å². The van der Waals surface area contributed by atoms with Crippen LogP contribution in [-0.4, -0.2) is 142 Å². The molecular weight excluding hydrogens is 758 g/mol. The number of rotatable bonds is 9. The van der Waals surface area contributed by atoms with Gasteiger partial charge in [0.05, 0.1) is 60.5 Å². The van der Waals surface area contributed by atoms with Gasteiger partial charge in [0.1, 0.15) is 29.6 Å². The van der Waals surface area contributed by atoms with Crippen molar-refractivity contribution >= 4 is 17.5 Å². The van der Waals surface area contributed by atoms with E-state index in [0.717, 1.165) is 0 Å². The largest absolute Gasteiger partial charge is 0.507 e. The molecule has 14 atom stereocenters. The Balaban J connectivity index is 1.13. The molecule has 2 aromatic rings. The number of hydrogen-bond acceptors (Lipinski definition) is 16. The van der Waals surface area contributed by atoms with Gasteiger partial charge in [0, 0.05) is 48.4 Å². The molecule has 5 N–H and O–H groups in total. The van der Waals surface area contributed by atoms with Crippen LogP contribution in [0, 0.1) is 0 Å². The van der Waals surface area contributed by atoms with E-state index in [1.165, 1.54) is 31.4 Å². The summed E-state index contributed by atoms with van der Waals surface area (Å²) in [6, 6.07) is 5.12. The number of phenolic OH excluding ortho intramolecular Hbond substituents is 2. The lowest BCUT2D eigenvalue weighted by atomic mass is 9.67. The number of esters is 1. The molecule has 3 fully saturated rings. The predicted molar refractivity (Wildman–Crippen MR) is 202 cm³/mol. The first-order valence-corrected chi connectivity index (χ1v) is 20.0. The van der Waals surface area contributed by atoms with Crippen molar-refractivity contribution < 1.29 is 73.1 Å².